The number of nitrogens with one attached hydrogen (secondary N) is 1. The van der Waals surface area contributed by atoms with Gasteiger partial charge in [-0.2, -0.15) is 0 Å². The van der Waals surface area contributed by atoms with Gasteiger partial charge in [0.1, 0.15) is 10.8 Å². The fourth-order valence-electron chi connectivity index (χ4n) is 3.38. The molecule has 1 saturated carbocycles. The van der Waals surface area contributed by atoms with E-state index in [0.717, 1.165) is 19.8 Å². The molecule has 2 aromatic rings. The summed E-state index contributed by atoms with van der Waals surface area (Å²) in [6.45, 7) is 1.98. The molecule has 1 fully saturated rings. The first kappa shape index (κ1) is 21.4. The molecule has 0 bridgehead atoms. The van der Waals surface area contributed by atoms with Gasteiger partial charge in [-0.1, -0.05) is 11.6 Å². The summed E-state index contributed by atoms with van der Waals surface area (Å²) in [6.07, 6.45) is 4.68. The molecular formula is C21H21ClF2N4O3. The number of anilines is 1. The van der Waals surface area contributed by atoms with Gasteiger partial charge in [-0.15, -0.1) is 0 Å². The van der Waals surface area contributed by atoms with Crippen molar-refractivity contribution in [2.24, 2.45) is 5.92 Å². The van der Waals surface area contributed by atoms with E-state index >= 15 is 0 Å². The Balaban J connectivity index is 1.51. The smallest absolute Gasteiger partial charge is 0.278 e. The highest BCUT2D eigenvalue weighted by Gasteiger charge is 2.36. The fraction of sp³-hybridized carbons (Fsp3) is 0.429. The van der Waals surface area contributed by atoms with Gasteiger partial charge in [-0.05, 0) is 37.5 Å². The van der Waals surface area contributed by atoms with Crippen LogP contribution in [0, 0.1) is 5.92 Å². The molecule has 7 nitrogen and oxygen atoms in total. The summed E-state index contributed by atoms with van der Waals surface area (Å²) < 4.78 is 31.0. The van der Waals surface area contributed by atoms with Crippen molar-refractivity contribution in [3.63, 3.8) is 0 Å². The van der Waals surface area contributed by atoms with Gasteiger partial charge in [0.2, 0.25) is 11.8 Å². The SMILES string of the molecule is CC(c1cnc(OCC(C)(F)F)c(Cl)c1)N1Cc2c(ccnc2NC(=O)C2CC2)C1=O. The number of carbonyl (C=O) groups is 2. The topological polar surface area (TPSA) is 84.4 Å². The zero-order chi connectivity index (χ0) is 22.3. The van der Waals surface area contributed by atoms with Crippen molar-refractivity contribution >= 4 is 29.2 Å². The van der Waals surface area contributed by atoms with Crippen molar-refractivity contribution in [1.82, 2.24) is 14.9 Å². The van der Waals surface area contributed by atoms with E-state index in [1.165, 1.54) is 12.4 Å². The maximum Gasteiger partial charge on any atom is 0.278 e. The lowest BCUT2D eigenvalue weighted by Gasteiger charge is -2.25. The molecule has 10 heteroatoms. The first-order chi connectivity index (χ1) is 14.6. The molecule has 4 rings (SSSR count). The number of carbonyl (C=O) groups excluding carboxylic acids is 2. The molecule has 3 heterocycles. The number of fused-ring (bicyclic) bond motifs is 1. The maximum atomic E-state index is 13.0. The third kappa shape index (κ3) is 4.61. The van der Waals surface area contributed by atoms with Crippen LogP contribution in [0.5, 0.6) is 5.88 Å². The largest absolute Gasteiger partial charge is 0.470 e. The van der Waals surface area contributed by atoms with E-state index in [-0.39, 0.29) is 35.2 Å². The fourth-order valence-corrected chi connectivity index (χ4v) is 3.61. The van der Waals surface area contributed by atoms with E-state index in [1.807, 2.05) is 6.92 Å². The minimum atomic E-state index is -3.01. The molecule has 2 amide bonds. The summed E-state index contributed by atoms with van der Waals surface area (Å²) in [5.74, 6) is -2.96. The van der Waals surface area contributed by atoms with Crippen molar-refractivity contribution in [2.45, 2.75) is 45.2 Å². The summed E-state index contributed by atoms with van der Waals surface area (Å²) in [5.41, 5.74) is 1.77. The molecule has 1 aliphatic heterocycles. The Kier molecular flexibility index (Phi) is 5.55. The number of aromatic nitrogens is 2. The Morgan fingerprint density at radius 3 is 2.81 bits per heavy atom. The average Bonchev–Trinajstić information content (AvgIpc) is 3.50. The van der Waals surface area contributed by atoms with Crippen LogP contribution in [0.1, 0.15) is 54.2 Å². The van der Waals surface area contributed by atoms with Crippen molar-refractivity contribution < 1.29 is 23.1 Å². The van der Waals surface area contributed by atoms with Crippen LogP contribution in [0.2, 0.25) is 5.02 Å². The molecule has 2 aromatic heterocycles. The average molecular weight is 451 g/mol. The Morgan fingerprint density at radius 2 is 2.16 bits per heavy atom. The lowest BCUT2D eigenvalue weighted by atomic mass is 10.1. The van der Waals surface area contributed by atoms with Gasteiger partial charge in [-0.25, -0.2) is 18.7 Å². The second-order valence-corrected chi connectivity index (χ2v) is 8.38. The molecule has 1 aliphatic carbocycles. The minimum Gasteiger partial charge on any atom is -0.470 e. The number of hydrogen-bond acceptors (Lipinski definition) is 5. The lowest BCUT2D eigenvalue weighted by molar-refractivity contribution is -0.117. The number of halogens is 3. The van der Waals surface area contributed by atoms with Crippen LogP contribution < -0.4 is 10.1 Å². The van der Waals surface area contributed by atoms with Gasteiger partial charge >= 0.3 is 0 Å². The number of ether oxygens (including phenoxy) is 1. The van der Waals surface area contributed by atoms with Crippen LogP contribution in [0.15, 0.2) is 24.5 Å². The summed E-state index contributed by atoms with van der Waals surface area (Å²) in [5, 5.41) is 2.91. The number of rotatable bonds is 7. The van der Waals surface area contributed by atoms with Crippen LogP contribution in [0.3, 0.4) is 0 Å². The Bertz CT molecular complexity index is 1040. The molecular weight excluding hydrogens is 430 g/mol. The molecule has 0 radical (unpaired) electrons. The van der Waals surface area contributed by atoms with E-state index in [2.05, 4.69) is 15.3 Å². The molecule has 1 unspecified atom stereocenters. The van der Waals surface area contributed by atoms with Crippen LogP contribution in [-0.4, -0.2) is 39.2 Å². The molecule has 0 saturated heterocycles. The molecule has 0 aromatic carbocycles. The van der Waals surface area contributed by atoms with Gasteiger partial charge in [-0.3, -0.25) is 9.59 Å². The van der Waals surface area contributed by atoms with Gasteiger partial charge in [0, 0.05) is 36.4 Å². The summed E-state index contributed by atoms with van der Waals surface area (Å²) in [4.78, 5) is 35.0. The Labute approximate surface area is 182 Å². The van der Waals surface area contributed by atoms with Crippen molar-refractivity contribution in [3.8, 4) is 5.88 Å². The van der Waals surface area contributed by atoms with E-state index in [1.54, 1.807) is 17.0 Å². The number of alkyl halides is 2. The normalized spacial score (nSPS) is 16.8. The minimum absolute atomic E-state index is 0.0198. The first-order valence-corrected chi connectivity index (χ1v) is 10.3. The molecule has 0 spiro atoms. The number of pyridine rings is 2. The highest BCUT2D eigenvalue weighted by Crippen LogP contribution is 2.36. The quantitative estimate of drug-likeness (QED) is 0.682. The van der Waals surface area contributed by atoms with Crippen LogP contribution in [0.25, 0.3) is 0 Å². The summed E-state index contributed by atoms with van der Waals surface area (Å²) in [7, 11) is 0. The Hall–Kier alpha value is -2.81. The van der Waals surface area contributed by atoms with E-state index in [4.69, 9.17) is 16.3 Å². The van der Waals surface area contributed by atoms with Crippen LogP contribution >= 0.6 is 11.6 Å². The summed E-state index contributed by atoms with van der Waals surface area (Å²) >= 11 is 6.16. The zero-order valence-corrected chi connectivity index (χ0v) is 17.7. The van der Waals surface area contributed by atoms with E-state index < -0.39 is 18.6 Å². The highest BCUT2D eigenvalue weighted by atomic mass is 35.5. The second-order valence-electron chi connectivity index (χ2n) is 7.97. The first-order valence-electron chi connectivity index (χ1n) is 9.90. The lowest BCUT2D eigenvalue weighted by Crippen LogP contribution is -2.27. The standard InChI is InChI=1S/C21H21ClF2N4O3/c1-11(13-7-16(22)19(26-8-13)31-10-21(2,23)24)28-9-15-14(20(28)30)5-6-25-17(15)27-18(29)12-3-4-12/h5-8,11-12H,3-4,9-10H2,1-2H3,(H,25,27,29). The van der Waals surface area contributed by atoms with Crippen LogP contribution in [0.4, 0.5) is 14.6 Å². The molecule has 164 valence electrons. The number of nitrogens with zero attached hydrogens (tertiary/aromatic N) is 3. The zero-order valence-electron chi connectivity index (χ0n) is 17.0. The molecule has 1 atom stereocenters. The predicted molar refractivity (Wildman–Crippen MR) is 109 cm³/mol. The number of amides is 2. The summed E-state index contributed by atoms with van der Waals surface area (Å²) in [6, 6.07) is 2.77. The molecule has 2 aliphatic rings. The Morgan fingerprint density at radius 1 is 1.42 bits per heavy atom. The van der Waals surface area contributed by atoms with Crippen LogP contribution in [-0.2, 0) is 11.3 Å². The number of hydrogen-bond donors (Lipinski definition) is 1. The monoisotopic (exact) mass is 450 g/mol. The van der Waals surface area contributed by atoms with E-state index in [9.17, 15) is 18.4 Å². The second kappa shape index (κ2) is 8.03. The van der Waals surface area contributed by atoms with Crippen molar-refractivity contribution in [2.75, 3.05) is 11.9 Å². The third-order valence-electron chi connectivity index (χ3n) is 5.31. The van der Waals surface area contributed by atoms with E-state index in [0.29, 0.717) is 22.5 Å². The van der Waals surface area contributed by atoms with Crippen molar-refractivity contribution in [1.29, 1.82) is 0 Å². The molecule has 1 N–H and O–H groups in total. The molecule has 31 heavy (non-hydrogen) atoms. The van der Waals surface area contributed by atoms with Gasteiger partial charge in [0.15, 0.2) is 6.61 Å². The highest BCUT2D eigenvalue weighted by molar-refractivity contribution is 6.31. The van der Waals surface area contributed by atoms with Crippen molar-refractivity contribution in [3.05, 3.63) is 46.2 Å². The van der Waals surface area contributed by atoms with Gasteiger partial charge in [0.25, 0.3) is 11.8 Å². The maximum absolute atomic E-state index is 13.0. The van der Waals surface area contributed by atoms with Gasteiger partial charge < -0.3 is 15.0 Å². The third-order valence-corrected chi connectivity index (χ3v) is 5.58. The van der Waals surface area contributed by atoms with Gasteiger partial charge in [0.05, 0.1) is 12.6 Å². The predicted octanol–water partition coefficient (Wildman–Crippen LogP) is 4.23.